The van der Waals surface area contributed by atoms with Gasteiger partial charge in [0.05, 0.1) is 0 Å². The summed E-state index contributed by atoms with van der Waals surface area (Å²) in [5, 5.41) is 25.1. The molecule has 0 amide bonds. The van der Waals surface area contributed by atoms with Crippen molar-refractivity contribution in [3.05, 3.63) is 0 Å². The largest absolute Gasteiger partial charge is 0.804 e. The van der Waals surface area contributed by atoms with Crippen LogP contribution in [-0.4, -0.2) is 16.7 Å². The van der Waals surface area contributed by atoms with E-state index in [1.165, 1.54) is 0 Å². The van der Waals surface area contributed by atoms with Crippen LogP contribution in [0.5, 0.6) is 0 Å². The number of hydrogen-bond acceptors (Lipinski definition) is 8. The number of terminal acetylenes is 11. The van der Waals surface area contributed by atoms with Crippen molar-refractivity contribution in [2.45, 2.75) is 149 Å². The van der Waals surface area contributed by atoms with E-state index in [1.54, 1.807) is 76.2 Å². The van der Waals surface area contributed by atoms with E-state index in [9.17, 15) is 34.1 Å². The Morgan fingerprint density at radius 2 is 0.451 bits per heavy atom. The van der Waals surface area contributed by atoms with E-state index in [-0.39, 0.29) is 34.1 Å². The van der Waals surface area contributed by atoms with Crippen LogP contribution in [0.25, 0.3) is 0 Å². The second-order valence-corrected chi connectivity index (χ2v) is 26.0. The maximum Gasteiger partial charge on any atom is 0.319 e. The van der Waals surface area contributed by atoms with Gasteiger partial charge in [-0.1, -0.05) is 98.2 Å². The van der Waals surface area contributed by atoms with E-state index >= 15 is 0 Å². The lowest BCUT2D eigenvalue weighted by atomic mass is 9.78. The highest BCUT2D eigenvalue weighted by Gasteiger charge is 2.48. The lowest BCUT2D eigenvalue weighted by molar-refractivity contribution is -0.779. The summed E-state index contributed by atoms with van der Waals surface area (Å²) in [6, 6.07) is 0. The molecule has 0 aromatic heterocycles. The van der Waals surface area contributed by atoms with E-state index in [0.29, 0.717) is 12.8 Å². The fourth-order valence-electron chi connectivity index (χ4n) is 6.45. The van der Waals surface area contributed by atoms with Crippen molar-refractivity contribution in [3.63, 3.8) is 0 Å². The predicted octanol–water partition coefficient (Wildman–Crippen LogP) is 9.71. The van der Waals surface area contributed by atoms with E-state index < -0.39 is 56.1 Å². The highest BCUT2D eigenvalue weighted by atomic mass is 32.1. The van der Waals surface area contributed by atoms with Gasteiger partial charge in [-0.3, -0.25) is 14.4 Å². The van der Waals surface area contributed by atoms with Gasteiger partial charge in [-0.25, -0.2) is 0 Å². The van der Waals surface area contributed by atoms with E-state index in [4.69, 9.17) is 57.8 Å². The zero-order valence-corrected chi connectivity index (χ0v) is 81.0. The van der Waals surface area contributed by atoms with E-state index in [1.807, 2.05) is 13.8 Å². The van der Waals surface area contributed by atoms with Gasteiger partial charge >= 0.3 is 5.97 Å². The van der Waals surface area contributed by atoms with Gasteiger partial charge < -0.3 is 24.7 Å². The molecule has 1 aliphatic carbocycles. The first-order chi connectivity index (χ1) is 69.2. The van der Waals surface area contributed by atoms with Crippen LogP contribution in [0.2, 0.25) is 0 Å². The monoisotopic (exact) mass is 1880 g/mol. The number of carboxylic acid groups (broad SMARTS) is 1. The molecule has 0 aromatic rings. The summed E-state index contributed by atoms with van der Waals surface area (Å²) < 4.78 is 31.2. The van der Waals surface area contributed by atoms with Crippen molar-refractivity contribution in [1.29, 1.82) is 0 Å². The molecule has 6 atom stereocenters. The van der Waals surface area contributed by atoms with Crippen LogP contribution < -0.4 is 15.0 Å². The molecule has 1 saturated carbocycles. The molecule has 676 valence electrons. The Morgan fingerprint density at radius 1 is 0.271 bits per heavy atom. The highest BCUT2D eigenvalue weighted by molar-refractivity contribution is 8.28. The van der Waals surface area contributed by atoms with Gasteiger partial charge in [-0.2, -0.15) is 4.67 Å². The molecule has 9 nitrogen and oxygen atoms in total. The molecule has 1 N–H and O–H groups in total. The first-order valence-electron chi connectivity index (χ1n) is 37.9. The van der Waals surface area contributed by atoms with Crippen molar-refractivity contribution < 1.29 is 43.8 Å². The van der Waals surface area contributed by atoms with Crippen LogP contribution in [0.1, 0.15) is 143 Å². The average Bonchev–Trinajstić information content (AvgIpc) is 0.763. The van der Waals surface area contributed by atoms with Crippen LogP contribution in [0.4, 0.5) is 0 Å². The molecular weight excluding hydrogens is 1800 g/mol. The van der Waals surface area contributed by atoms with Gasteiger partial charge in [0.15, 0.2) is 0 Å². The van der Waals surface area contributed by atoms with Crippen LogP contribution >= 0.6 is 14.3 Å². The smallest absolute Gasteiger partial charge is 0.319 e. The number of hydrogen-bond donors (Lipinski definition) is 1. The van der Waals surface area contributed by atoms with Gasteiger partial charge in [-0.05, 0) is 590 Å². The van der Waals surface area contributed by atoms with Gasteiger partial charge in [0.2, 0.25) is 0 Å². The molecule has 6 unspecified atom stereocenters. The molecule has 0 bridgehead atoms. The summed E-state index contributed by atoms with van der Waals surface area (Å²) in [6.45, 7) is 22.3. The summed E-state index contributed by atoms with van der Waals surface area (Å²) in [5.41, 5.74) is -1.98. The molecule has 0 aliphatic heterocycles. The molecule has 1 aliphatic rings. The maximum absolute atomic E-state index is 14.2. The Labute approximate surface area is 864 Å². The molecule has 1 fully saturated rings. The first-order valence-corrected chi connectivity index (χ1v) is 41.8. The zero-order valence-electron chi connectivity index (χ0n) is 79.2. The van der Waals surface area contributed by atoms with Crippen molar-refractivity contribution in [1.82, 2.24) is 0 Å². The third kappa shape index (κ3) is 136. The standard InChI is InChI=1S/C54H28O9P2.C12H6.C11H4.C10H2.C9H4.C8H6.C7H4.C6H2.C5H4.C4H6.C3H4.C2H2.2CH4/c1-4-7-10-13-16-19-22-24-27-29-32-35-38-42-50-44-40-43-49(41-37-34-31-28-26-23-20-17-14-11-8-5-2)46-47-51(53(48-50)64(58,63-62-57)65(59,60)61)52(54(55)56)45-39-36-33-30-25-21-18-15-12-9-6-3;1-3-5-7-9-11-12-10-8-6-4-2;1-3-5-7-9-11-10-8-6-4-2;1-3-5-7-9-10-8-6-4-2;1-3-5-7-9-8-6-4-2;1-3-5-7-8-6-4-2;1-3-5-7-6-4-2;1-3-5-6-4-2;1-3-5-4-2;1-3-4-2;1-3-2;1-2;;/h2,49-53,57H,40,43-44,46-48H2,1,3H3,(H,55,56)(H2,59,60,61);1-2H3;1H,2H3;1-2H;1H,2H3;1-2H3;1H,2H3;1-2H;1H,2H3;1-2H3;1H,2H3;1-2H;2*1H4/p-3. The summed E-state index contributed by atoms with van der Waals surface area (Å²) in [5.74, 6) is 224. The summed E-state index contributed by atoms with van der Waals surface area (Å²) in [7, 11) is -12.1. The Bertz CT molecular complexity index is 7970. The first kappa shape index (κ1) is 149. The van der Waals surface area contributed by atoms with Crippen molar-refractivity contribution in [3.8, 4) is 634 Å². The number of aliphatic carboxylic acids is 1. The van der Waals surface area contributed by atoms with Crippen molar-refractivity contribution in [2.24, 2.45) is 23.7 Å². The predicted molar refractivity (Wildman–Crippen MR) is 583 cm³/mol. The third-order valence-corrected chi connectivity index (χ3v) is 16.6. The highest BCUT2D eigenvalue weighted by Crippen LogP contribution is 2.78. The minimum Gasteiger partial charge on any atom is -0.804 e. The molecule has 0 spiro atoms. The Kier molecular flexibility index (Phi) is 147. The summed E-state index contributed by atoms with van der Waals surface area (Å²) in [4.78, 5) is 38.3. The Morgan fingerprint density at radius 3 is 0.639 bits per heavy atom. The Hall–Kier alpha value is -23.6. The molecular formula is C133H77O9P2-3. The molecule has 0 aromatic carbocycles. The normalized spacial score (nSPS) is 8.75. The van der Waals surface area contributed by atoms with E-state index in [0.717, 1.165) is 0 Å². The van der Waals surface area contributed by atoms with Gasteiger partial charge in [0.25, 0.3) is 7.06 Å². The topological polar surface area (TPSA) is 159 Å². The Balaban J connectivity index is -0.000000156. The van der Waals surface area contributed by atoms with Crippen LogP contribution in [0.3, 0.4) is 0 Å². The van der Waals surface area contributed by atoms with Crippen LogP contribution in [0, 0.1) is 657 Å². The SMILES string of the molecule is C.C.C#C.C#CC.C#CC#CC.C#CC#CC#C.C#CC#CC#CC.C#CC#CC#CC#CC.C#CC#CC#CC#CC#C.C#CC#CC#CC#CC#CC.C#CC#CC#CC#CC#CC#CC#CC1CCCC(C#CC#CC#CC#CC#CC#CC#CC)CC(P(=O)(OO[O-])P(=O)([O-])[O-])C(C(C#CC#CC#CC#CC#CC#CC)C(=O)O)CC1.CC#CC.CC#CC#CC#CC.CC#CC#CC#CC#CC#CC. The third-order valence-electron chi connectivity index (χ3n) is 11.1. The van der Waals surface area contributed by atoms with Gasteiger partial charge in [0.1, 0.15) is 5.92 Å². The number of carboxylic acids is 1. The van der Waals surface area contributed by atoms with Crippen LogP contribution in [-0.2, 0) is 23.6 Å². The quantitative estimate of drug-likeness (QED) is 0.118. The van der Waals surface area contributed by atoms with Crippen LogP contribution in [0.15, 0.2) is 0 Å². The van der Waals surface area contributed by atoms with Gasteiger partial charge in [0, 0.05) is 24.8 Å². The molecule has 0 saturated heterocycles. The minimum absolute atomic E-state index is 0. The van der Waals surface area contributed by atoms with Crippen molar-refractivity contribution >= 4 is 20.3 Å². The minimum atomic E-state index is -6.37. The summed E-state index contributed by atoms with van der Waals surface area (Å²) in [6.07, 6.45) is 56.1. The second kappa shape index (κ2) is 142. The second-order valence-electron chi connectivity index (χ2n) is 20.0. The fraction of sp³-hybridized carbons (Fsp3) is 0.195. The lowest BCUT2D eigenvalue weighted by Crippen LogP contribution is -2.37. The molecule has 0 radical (unpaired) electrons. The van der Waals surface area contributed by atoms with E-state index in [2.05, 4.69) is 586 Å². The average molecular weight is 1880 g/mol. The number of carbonyl (C=O) groups is 1. The number of rotatable bonds is 6. The molecule has 0 heterocycles. The lowest BCUT2D eigenvalue weighted by Gasteiger charge is -2.45. The van der Waals surface area contributed by atoms with Gasteiger partial charge in [-0.15, -0.1) is 94.8 Å². The molecule has 144 heavy (non-hydrogen) atoms. The zero-order chi connectivity index (χ0) is 109. The fourth-order valence-corrected chi connectivity index (χ4v) is 10.6. The molecule has 1 rings (SSSR count). The maximum atomic E-state index is 14.2. The summed E-state index contributed by atoms with van der Waals surface area (Å²) >= 11 is 0. The molecule has 11 heteroatoms. The van der Waals surface area contributed by atoms with Crippen molar-refractivity contribution in [2.75, 3.05) is 0 Å².